The topological polar surface area (TPSA) is 43.8 Å². The molecule has 0 bridgehead atoms. The minimum Gasteiger partial charge on any atom is -0.326 e. The Bertz CT molecular complexity index is 461. The third-order valence-electron chi connectivity index (χ3n) is 2.41. The molecule has 2 aromatic rings. The van der Waals surface area contributed by atoms with Crippen molar-refractivity contribution in [1.29, 1.82) is 0 Å². The van der Waals surface area contributed by atoms with E-state index in [1.165, 1.54) is 4.88 Å². The number of aromatic nitrogens is 2. The molecule has 2 heterocycles. The van der Waals surface area contributed by atoms with E-state index in [1.807, 2.05) is 10.9 Å². The highest BCUT2D eigenvalue weighted by molar-refractivity contribution is 9.10. The molecule has 0 aromatic carbocycles. The molecule has 0 unspecified atom stereocenters. The molecule has 0 aliphatic heterocycles. The van der Waals surface area contributed by atoms with Gasteiger partial charge < -0.3 is 5.73 Å². The van der Waals surface area contributed by atoms with Crippen molar-refractivity contribution >= 4 is 27.3 Å². The number of nitrogens with two attached hydrogens (primary N) is 1. The van der Waals surface area contributed by atoms with E-state index in [1.54, 1.807) is 11.3 Å². The molecule has 0 aliphatic rings. The summed E-state index contributed by atoms with van der Waals surface area (Å²) in [6.07, 6.45) is 1.84. The highest BCUT2D eigenvalue weighted by Crippen LogP contribution is 2.24. The maximum absolute atomic E-state index is 5.61. The Kier molecular flexibility index (Phi) is 3.23. The van der Waals surface area contributed by atoms with Crippen LogP contribution in [0.25, 0.3) is 0 Å². The second-order valence-corrected chi connectivity index (χ2v) is 5.16. The molecular weight excluding hydrogens is 274 g/mol. The number of rotatable bonds is 3. The lowest BCUT2D eigenvalue weighted by Gasteiger charge is -2.03. The molecule has 3 nitrogen and oxygen atoms in total. The normalized spacial score (nSPS) is 10.9. The second-order valence-electron chi connectivity index (χ2n) is 3.31. The second kappa shape index (κ2) is 4.47. The first kappa shape index (κ1) is 10.9. The lowest BCUT2D eigenvalue weighted by atomic mass is 10.3. The molecule has 2 aromatic heterocycles. The first-order valence-corrected chi connectivity index (χ1v) is 6.33. The molecule has 80 valence electrons. The van der Waals surface area contributed by atoms with Crippen molar-refractivity contribution in [2.24, 2.45) is 5.73 Å². The Hall–Kier alpha value is -0.650. The van der Waals surface area contributed by atoms with Gasteiger partial charge in [-0.15, -0.1) is 11.3 Å². The molecule has 0 radical (unpaired) electrons. The highest BCUT2D eigenvalue weighted by Gasteiger charge is 2.07. The summed E-state index contributed by atoms with van der Waals surface area (Å²) in [4.78, 5) is 1.28. The molecule has 0 aliphatic carbocycles. The van der Waals surface area contributed by atoms with Crippen LogP contribution >= 0.6 is 27.3 Å². The largest absolute Gasteiger partial charge is 0.326 e. The van der Waals surface area contributed by atoms with Crippen molar-refractivity contribution in [1.82, 2.24) is 9.78 Å². The lowest BCUT2D eigenvalue weighted by molar-refractivity contribution is 0.669. The molecule has 2 rings (SSSR count). The van der Waals surface area contributed by atoms with Gasteiger partial charge in [-0.05, 0) is 34.3 Å². The molecule has 0 saturated heterocycles. The number of thiophene rings is 1. The van der Waals surface area contributed by atoms with Gasteiger partial charge in [0, 0.05) is 27.2 Å². The summed E-state index contributed by atoms with van der Waals surface area (Å²) in [5.41, 5.74) is 7.87. The Morgan fingerprint density at radius 3 is 2.93 bits per heavy atom. The van der Waals surface area contributed by atoms with Crippen molar-refractivity contribution in [2.45, 2.75) is 20.0 Å². The summed E-state index contributed by atoms with van der Waals surface area (Å²) in [7, 11) is 0. The molecule has 0 spiro atoms. The average Bonchev–Trinajstić information content (AvgIpc) is 2.77. The molecule has 5 heteroatoms. The predicted octanol–water partition coefficient (Wildman–Crippen LogP) is 2.52. The predicted molar refractivity (Wildman–Crippen MR) is 66.0 cm³/mol. The van der Waals surface area contributed by atoms with Crippen LogP contribution in [0.1, 0.15) is 16.1 Å². The lowest BCUT2D eigenvalue weighted by Crippen LogP contribution is -2.04. The summed E-state index contributed by atoms with van der Waals surface area (Å²) in [6, 6.07) is 2.06. The van der Waals surface area contributed by atoms with Gasteiger partial charge in [-0.3, -0.25) is 4.68 Å². The molecule has 2 N–H and O–H groups in total. The zero-order chi connectivity index (χ0) is 10.8. The summed E-state index contributed by atoms with van der Waals surface area (Å²) in [6.45, 7) is 3.41. The highest BCUT2D eigenvalue weighted by atomic mass is 79.9. The minimum atomic E-state index is 0.553. The van der Waals surface area contributed by atoms with Crippen molar-refractivity contribution in [2.75, 3.05) is 0 Å². The van der Waals surface area contributed by atoms with Gasteiger partial charge >= 0.3 is 0 Å². The van der Waals surface area contributed by atoms with Gasteiger partial charge in [0.15, 0.2) is 0 Å². The van der Waals surface area contributed by atoms with E-state index in [2.05, 4.69) is 39.4 Å². The van der Waals surface area contributed by atoms with Gasteiger partial charge in [0.25, 0.3) is 0 Å². The van der Waals surface area contributed by atoms with E-state index in [-0.39, 0.29) is 0 Å². The van der Waals surface area contributed by atoms with Crippen LogP contribution in [0.5, 0.6) is 0 Å². The molecule has 0 atom stereocenters. The van der Waals surface area contributed by atoms with Gasteiger partial charge in [-0.1, -0.05) is 0 Å². The summed E-state index contributed by atoms with van der Waals surface area (Å²) in [5.74, 6) is 0. The van der Waals surface area contributed by atoms with Crippen LogP contribution in [0, 0.1) is 6.92 Å². The summed E-state index contributed by atoms with van der Waals surface area (Å²) < 4.78 is 3.13. The Labute approximate surface area is 101 Å². The van der Waals surface area contributed by atoms with Crippen molar-refractivity contribution < 1.29 is 0 Å². The van der Waals surface area contributed by atoms with Gasteiger partial charge in [0.2, 0.25) is 0 Å². The summed E-state index contributed by atoms with van der Waals surface area (Å²) >= 11 is 5.25. The van der Waals surface area contributed by atoms with Crippen LogP contribution in [-0.2, 0) is 13.1 Å². The number of hydrogen-bond acceptors (Lipinski definition) is 3. The van der Waals surface area contributed by atoms with E-state index in [0.717, 1.165) is 22.3 Å². The first-order valence-electron chi connectivity index (χ1n) is 4.65. The molecular formula is C10H12BrN3S. The van der Waals surface area contributed by atoms with Crippen LogP contribution in [0.15, 0.2) is 22.1 Å². The molecule has 15 heavy (non-hydrogen) atoms. The quantitative estimate of drug-likeness (QED) is 0.942. The van der Waals surface area contributed by atoms with E-state index >= 15 is 0 Å². The smallest absolute Gasteiger partial charge is 0.0766 e. The van der Waals surface area contributed by atoms with Gasteiger partial charge in [0.05, 0.1) is 12.7 Å². The molecule has 0 amide bonds. The molecule has 0 saturated carbocycles. The van der Waals surface area contributed by atoms with Crippen LogP contribution in [0.4, 0.5) is 0 Å². The van der Waals surface area contributed by atoms with E-state index < -0.39 is 0 Å². The standard InChI is InChI=1S/C10H12BrN3S/c1-7-8(4-12)5-13-14(7)6-10-9(11)2-3-15-10/h2-3,5H,4,6,12H2,1H3. The van der Waals surface area contributed by atoms with E-state index in [4.69, 9.17) is 5.73 Å². The van der Waals surface area contributed by atoms with Gasteiger partial charge in [-0.25, -0.2) is 0 Å². The maximum Gasteiger partial charge on any atom is 0.0766 e. The zero-order valence-corrected chi connectivity index (χ0v) is 10.8. The van der Waals surface area contributed by atoms with E-state index in [0.29, 0.717) is 6.54 Å². The third kappa shape index (κ3) is 2.14. The number of hydrogen-bond donors (Lipinski definition) is 1. The number of nitrogens with zero attached hydrogens (tertiary/aromatic N) is 2. The van der Waals surface area contributed by atoms with Crippen LogP contribution in [0.3, 0.4) is 0 Å². The molecule has 0 fully saturated rings. The summed E-state index contributed by atoms with van der Waals surface area (Å²) in [5, 5.41) is 6.40. The first-order chi connectivity index (χ1) is 7.22. The Morgan fingerprint density at radius 1 is 1.60 bits per heavy atom. The fraction of sp³-hybridized carbons (Fsp3) is 0.300. The third-order valence-corrected chi connectivity index (χ3v) is 4.32. The SMILES string of the molecule is Cc1c(CN)cnn1Cc1sccc1Br. The van der Waals surface area contributed by atoms with Crippen LogP contribution < -0.4 is 5.73 Å². The zero-order valence-electron chi connectivity index (χ0n) is 8.40. The van der Waals surface area contributed by atoms with Crippen molar-refractivity contribution in [3.05, 3.63) is 38.3 Å². The maximum atomic E-state index is 5.61. The monoisotopic (exact) mass is 285 g/mol. The minimum absolute atomic E-state index is 0.553. The van der Waals surface area contributed by atoms with E-state index in [9.17, 15) is 0 Å². The number of halogens is 1. The van der Waals surface area contributed by atoms with Gasteiger partial charge in [0.1, 0.15) is 0 Å². The average molecular weight is 286 g/mol. The fourth-order valence-electron chi connectivity index (χ4n) is 1.42. The van der Waals surface area contributed by atoms with Crippen molar-refractivity contribution in [3.8, 4) is 0 Å². The van der Waals surface area contributed by atoms with Crippen molar-refractivity contribution in [3.63, 3.8) is 0 Å². The Morgan fingerprint density at radius 2 is 2.40 bits per heavy atom. The fourth-order valence-corrected chi connectivity index (χ4v) is 2.88. The van der Waals surface area contributed by atoms with Crippen LogP contribution in [0.2, 0.25) is 0 Å². The van der Waals surface area contributed by atoms with Crippen LogP contribution in [-0.4, -0.2) is 9.78 Å². The van der Waals surface area contributed by atoms with Gasteiger partial charge in [-0.2, -0.15) is 5.10 Å². The Balaban J connectivity index is 2.25.